The normalized spacial score (nSPS) is 17.8. The Bertz CT molecular complexity index is 153. The van der Waals surface area contributed by atoms with Gasteiger partial charge < -0.3 is 0 Å². The Morgan fingerprint density at radius 3 is 1.64 bits per heavy atom. The fourth-order valence-corrected chi connectivity index (χ4v) is 125. The summed E-state index contributed by atoms with van der Waals surface area (Å²) < 4.78 is 0. The quantitative estimate of drug-likeness (QED) is 0.376. The molecule has 14 heteroatoms. The molecule has 84 valence electrons. The van der Waals surface area contributed by atoms with Gasteiger partial charge >= 0.3 is 0 Å². The Balaban J connectivity index is 4.66. The van der Waals surface area contributed by atoms with Crippen LogP contribution >= 0.6 is 104 Å². The number of hydrogen-bond acceptors (Lipinski definition) is 1. The summed E-state index contributed by atoms with van der Waals surface area (Å²) in [6, 6.07) is 0. The van der Waals surface area contributed by atoms with Crippen LogP contribution in [0.15, 0.2) is 0 Å². The summed E-state index contributed by atoms with van der Waals surface area (Å²) in [5, 5.41) is 0. The van der Waals surface area contributed by atoms with E-state index in [2.05, 4.69) is 53.6 Å². The molecule has 0 amide bonds. The van der Waals surface area contributed by atoms with Crippen LogP contribution in [0, 0.1) is 0 Å². The molecule has 14 heavy (non-hydrogen) atoms. The van der Waals surface area contributed by atoms with E-state index in [1.54, 1.807) is 0 Å². The molecule has 0 aliphatic rings. The molecule has 0 radical (unpaired) electrons. The second kappa shape index (κ2) is 11.4. The van der Waals surface area contributed by atoms with E-state index < -0.39 is 0 Å². The SMILES string of the molecule is PPP(P)P(P=S)P(P(P)P)P(P)P. The maximum Gasteiger partial charge on any atom is 0.0272 e. The van der Waals surface area contributed by atoms with Crippen LogP contribution in [-0.2, 0) is 11.8 Å². The zero-order valence-corrected chi connectivity index (χ0v) is 21.2. The number of hydrogen-bond donors (Lipinski definition) is 0. The van der Waals surface area contributed by atoms with Gasteiger partial charge in [-0.2, -0.15) is 0 Å². The van der Waals surface area contributed by atoms with Crippen molar-refractivity contribution in [2.24, 2.45) is 0 Å². The van der Waals surface area contributed by atoms with Crippen LogP contribution < -0.4 is 0 Å². The highest BCUT2D eigenvalue weighted by Crippen LogP contribution is 3.17. The topological polar surface area (TPSA) is 0 Å². The van der Waals surface area contributed by atoms with Crippen molar-refractivity contribution < 1.29 is 0 Å². The predicted molar refractivity (Wildman–Crippen MR) is 115 cm³/mol. The van der Waals surface area contributed by atoms with Crippen LogP contribution in [0.5, 0.6) is 0 Å². The monoisotopic (exact) mass is 448 g/mol. The van der Waals surface area contributed by atoms with E-state index in [1.807, 2.05) is 0 Å². The summed E-state index contributed by atoms with van der Waals surface area (Å²) in [5.41, 5.74) is 0. The van der Waals surface area contributed by atoms with Gasteiger partial charge in [0.25, 0.3) is 0 Å². The Morgan fingerprint density at radius 2 is 1.43 bits per heavy atom. The second-order valence-electron chi connectivity index (χ2n) is 1.85. The van der Waals surface area contributed by atoms with E-state index in [4.69, 9.17) is 11.8 Å². The first kappa shape index (κ1) is 19.7. The van der Waals surface area contributed by atoms with Gasteiger partial charge in [0.15, 0.2) is 0 Å². The zero-order valence-electron chi connectivity index (χ0n) is 7.06. The molecule has 9 unspecified atom stereocenters. The smallest absolute Gasteiger partial charge is 0.0272 e. The highest BCUT2D eigenvalue weighted by atomic mass is 33.3. The molecular weight excluding hydrogens is 435 g/mol. The predicted octanol–water partition coefficient (Wildman–Crippen LogP) is 7.71. The summed E-state index contributed by atoms with van der Waals surface area (Å²) in [4.78, 5) is 0. The largest absolute Gasteiger partial charge is 0.109 e. The molecule has 0 aromatic carbocycles. The van der Waals surface area contributed by atoms with Gasteiger partial charge in [0.1, 0.15) is 0 Å². The van der Waals surface area contributed by atoms with E-state index in [0.717, 1.165) is 7.96 Å². The Hall–Kier alpha value is 5.68. The average Bonchev–Trinajstić information content (AvgIpc) is 2.11. The first-order chi connectivity index (χ1) is 6.45. The molecule has 0 aliphatic carbocycles. The Labute approximate surface area is 114 Å². The van der Waals surface area contributed by atoms with Crippen molar-refractivity contribution in [1.29, 1.82) is 0 Å². The Morgan fingerprint density at radius 1 is 1.00 bits per heavy atom. The molecule has 0 aromatic rings. The molecule has 0 spiro atoms. The van der Waals surface area contributed by atoms with Gasteiger partial charge in [-0.05, 0) is 27.9 Å². The van der Waals surface area contributed by atoms with Gasteiger partial charge in [0.05, 0.1) is 0 Å². The van der Waals surface area contributed by atoms with E-state index in [-0.39, 0.29) is 34.9 Å². The minimum atomic E-state index is 0.0518. The van der Waals surface area contributed by atoms with Gasteiger partial charge in [-0.3, -0.25) is 0 Å². The van der Waals surface area contributed by atoms with Crippen LogP contribution in [0.3, 0.4) is 0 Å². The minimum absolute atomic E-state index is 0.0518. The molecule has 0 N–H and O–H groups in total. The van der Waals surface area contributed by atoms with Crippen molar-refractivity contribution >= 4 is 115 Å². The van der Waals surface area contributed by atoms with Crippen LogP contribution in [0.25, 0.3) is 0 Å². The standard InChI is InChI=1S/H13P13S/c1-7-11(6)12(8-14)13(9(2)3)10(4)5/h7H,1-6H2. The van der Waals surface area contributed by atoms with Gasteiger partial charge in [0, 0.05) is 14.0 Å². The van der Waals surface area contributed by atoms with Crippen molar-refractivity contribution in [2.45, 2.75) is 0 Å². The van der Waals surface area contributed by atoms with E-state index in [1.165, 1.54) is 7.04 Å². The van der Waals surface area contributed by atoms with Crippen LogP contribution in [0.1, 0.15) is 0 Å². The maximum absolute atomic E-state index is 5.33. The summed E-state index contributed by atoms with van der Waals surface area (Å²) in [5.74, 6) is 0. The Kier molecular flexibility index (Phi) is 16.0. The van der Waals surface area contributed by atoms with Crippen LogP contribution in [-0.4, -0.2) is 0 Å². The molecule has 0 saturated carbocycles. The summed E-state index contributed by atoms with van der Waals surface area (Å²) in [6.07, 6.45) is 0. The second-order valence-corrected chi connectivity index (χ2v) is 50.0. The van der Waals surface area contributed by atoms with Crippen molar-refractivity contribution in [3.8, 4) is 0 Å². The molecular formula is H13P13S. The van der Waals surface area contributed by atoms with E-state index in [0.29, 0.717) is 0 Å². The van der Waals surface area contributed by atoms with Crippen molar-refractivity contribution in [3.05, 3.63) is 0 Å². The third kappa shape index (κ3) is 7.46. The highest BCUT2D eigenvalue weighted by molar-refractivity contribution is 9.24. The summed E-state index contributed by atoms with van der Waals surface area (Å²) in [7, 11) is 20.3. The fourth-order valence-electron chi connectivity index (χ4n) is 0.514. The lowest BCUT2D eigenvalue weighted by molar-refractivity contribution is 4.61. The van der Waals surface area contributed by atoms with Gasteiger partial charge in [-0.1, -0.05) is 19.8 Å². The molecule has 0 aliphatic heterocycles. The van der Waals surface area contributed by atoms with Gasteiger partial charge in [-0.15, -0.1) is 53.6 Å². The van der Waals surface area contributed by atoms with Gasteiger partial charge in [0.2, 0.25) is 0 Å². The fraction of sp³-hybridized carbons (Fsp3) is 0. The average molecular weight is 448 g/mol. The maximum atomic E-state index is 5.33. The lowest BCUT2D eigenvalue weighted by atomic mass is 28.7. The first-order valence-electron chi connectivity index (χ1n) is 2.99. The van der Waals surface area contributed by atoms with Crippen LogP contribution in [0.2, 0.25) is 0 Å². The molecule has 0 nitrogen and oxygen atoms in total. The van der Waals surface area contributed by atoms with Crippen molar-refractivity contribution in [3.63, 3.8) is 0 Å². The van der Waals surface area contributed by atoms with Crippen molar-refractivity contribution in [2.75, 3.05) is 0 Å². The molecule has 0 saturated heterocycles. The van der Waals surface area contributed by atoms with Gasteiger partial charge in [-0.25, -0.2) is 0 Å². The van der Waals surface area contributed by atoms with E-state index in [9.17, 15) is 0 Å². The van der Waals surface area contributed by atoms with E-state index >= 15 is 0 Å². The molecule has 9 atom stereocenters. The summed E-state index contributed by atoms with van der Waals surface area (Å²) in [6.45, 7) is 0.448. The third-order valence-corrected chi connectivity index (χ3v) is 78.7. The highest BCUT2D eigenvalue weighted by Gasteiger charge is 2.30. The third-order valence-electron chi connectivity index (χ3n) is 0.971. The molecule has 0 aromatic heterocycles. The molecule has 0 heterocycles. The summed E-state index contributed by atoms with van der Waals surface area (Å²) >= 11 is 5.33. The molecule has 0 fully saturated rings. The lowest BCUT2D eigenvalue weighted by Gasteiger charge is -2.33. The molecule has 0 rings (SSSR count). The van der Waals surface area contributed by atoms with Crippen molar-refractivity contribution in [1.82, 2.24) is 0 Å². The first-order valence-corrected chi connectivity index (χ1v) is 26.9. The lowest BCUT2D eigenvalue weighted by Crippen LogP contribution is -1.45. The number of rotatable bonds is 6. The zero-order chi connectivity index (χ0) is 11.3. The van der Waals surface area contributed by atoms with Crippen LogP contribution in [0.4, 0.5) is 0 Å². The molecule has 0 bridgehead atoms. The minimum Gasteiger partial charge on any atom is -0.109 e.